The molecule has 2 heterocycles. The summed E-state index contributed by atoms with van der Waals surface area (Å²) in [6.45, 7) is 0.0415. The van der Waals surface area contributed by atoms with Crippen molar-refractivity contribution in [2.75, 3.05) is 12.4 Å². The first-order valence-electron chi connectivity index (χ1n) is 8.92. The highest BCUT2D eigenvalue weighted by atomic mass is 35.5. The highest BCUT2D eigenvalue weighted by molar-refractivity contribution is 6.30. The van der Waals surface area contributed by atoms with E-state index in [0.29, 0.717) is 22.0 Å². The van der Waals surface area contributed by atoms with Gasteiger partial charge in [-0.05, 0) is 54.6 Å². The number of benzene rings is 2. The van der Waals surface area contributed by atoms with Crippen molar-refractivity contribution in [3.05, 3.63) is 71.6 Å². The molecular formula is C21H16ClFN4O3. The number of methoxy groups -OCH3 is 1. The van der Waals surface area contributed by atoms with Crippen LogP contribution in [0.5, 0.6) is 5.75 Å². The molecule has 152 valence electrons. The van der Waals surface area contributed by atoms with Crippen LogP contribution in [0.3, 0.4) is 0 Å². The first kappa shape index (κ1) is 19.7. The fourth-order valence-electron chi connectivity index (χ4n) is 2.88. The molecule has 4 rings (SSSR count). The molecule has 0 saturated heterocycles. The number of ether oxygens (including phenoxy) is 1. The Kier molecular flexibility index (Phi) is 5.49. The Hall–Kier alpha value is -3.65. The van der Waals surface area contributed by atoms with Gasteiger partial charge in [-0.25, -0.2) is 4.39 Å². The van der Waals surface area contributed by atoms with E-state index in [1.165, 1.54) is 19.2 Å². The molecule has 4 aromatic rings. The van der Waals surface area contributed by atoms with E-state index in [2.05, 4.69) is 15.5 Å². The Bertz CT molecular complexity index is 1190. The second kappa shape index (κ2) is 8.38. The lowest BCUT2D eigenvalue weighted by atomic mass is 10.2. The molecule has 0 aliphatic carbocycles. The summed E-state index contributed by atoms with van der Waals surface area (Å²) in [7, 11) is 1.39. The second-order valence-corrected chi connectivity index (χ2v) is 6.79. The van der Waals surface area contributed by atoms with Crippen LogP contribution in [0.1, 0.15) is 0 Å². The molecule has 9 heteroatoms. The zero-order valence-electron chi connectivity index (χ0n) is 15.8. The number of anilines is 1. The van der Waals surface area contributed by atoms with Crippen LogP contribution in [0, 0.1) is 5.82 Å². The lowest BCUT2D eigenvalue weighted by Crippen LogP contribution is -2.18. The predicted molar refractivity (Wildman–Crippen MR) is 110 cm³/mol. The topological polar surface area (TPSA) is 82.2 Å². The monoisotopic (exact) mass is 426 g/mol. The Morgan fingerprint density at radius 2 is 2.03 bits per heavy atom. The van der Waals surface area contributed by atoms with Crippen LogP contribution in [0.15, 0.2) is 65.3 Å². The summed E-state index contributed by atoms with van der Waals surface area (Å²) < 4.78 is 25.9. The summed E-state index contributed by atoms with van der Waals surface area (Å²) in [5, 5.41) is 7.30. The van der Waals surface area contributed by atoms with E-state index in [1.54, 1.807) is 53.2 Å². The number of nitrogens with zero attached hydrogens (tertiary/aromatic N) is 3. The fraction of sp³-hybridized carbons (Fsp3) is 0.0952. The maximum atomic E-state index is 14.0. The van der Waals surface area contributed by atoms with Crippen LogP contribution in [-0.2, 0) is 11.3 Å². The molecule has 7 nitrogen and oxygen atoms in total. The molecule has 0 unspecified atom stereocenters. The molecule has 0 aliphatic rings. The molecular weight excluding hydrogens is 411 g/mol. The number of halogens is 2. The van der Waals surface area contributed by atoms with Crippen molar-refractivity contribution in [1.82, 2.24) is 14.7 Å². The molecule has 0 spiro atoms. The number of hydrogen-bond donors (Lipinski definition) is 1. The Morgan fingerprint density at radius 3 is 2.77 bits per heavy atom. The molecule has 0 saturated carbocycles. The quantitative estimate of drug-likeness (QED) is 0.485. The Morgan fingerprint density at radius 1 is 1.23 bits per heavy atom. The average Bonchev–Trinajstić information content (AvgIpc) is 3.39. The minimum absolute atomic E-state index is 0.0415. The van der Waals surface area contributed by atoms with Gasteiger partial charge in [-0.2, -0.15) is 4.98 Å². The summed E-state index contributed by atoms with van der Waals surface area (Å²) in [6.07, 6.45) is 1.73. The van der Waals surface area contributed by atoms with Crippen molar-refractivity contribution in [2.45, 2.75) is 6.54 Å². The van der Waals surface area contributed by atoms with E-state index >= 15 is 0 Å². The van der Waals surface area contributed by atoms with Gasteiger partial charge in [-0.15, -0.1) is 0 Å². The zero-order chi connectivity index (χ0) is 21.1. The maximum absolute atomic E-state index is 14.0. The van der Waals surface area contributed by atoms with Crippen LogP contribution in [0.4, 0.5) is 10.1 Å². The van der Waals surface area contributed by atoms with Gasteiger partial charge in [0.1, 0.15) is 12.2 Å². The molecule has 0 aliphatic heterocycles. The highest BCUT2D eigenvalue weighted by Crippen LogP contribution is 2.26. The number of carbonyl (C=O) groups excluding carboxylic acids is 1. The third-order valence-corrected chi connectivity index (χ3v) is 4.58. The van der Waals surface area contributed by atoms with Crippen molar-refractivity contribution in [3.8, 4) is 28.7 Å². The molecule has 0 radical (unpaired) electrons. The lowest BCUT2D eigenvalue weighted by Gasteiger charge is -2.08. The minimum atomic E-state index is -0.524. The lowest BCUT2D eigenvalue weighted by molar-refractivity contribution is -0.116. The molecule has 0 bridgehead atoms. The predicted octanol–water partition coefficient (Wildman–Crippen LogP) is 4.64. The average molecular weight is 427 g/mol. The molecule has 0 atom stereocenters. The standard InChI is InChI=1S/C21H16ClFN4O3/c1-29-18-9-4-13(11-16(18)23)20-25-21(30-26-20)17-3-2-10-27(17)12-19(28)24-15-7-5-14(22)6-8-15/h2-11H,12H2,1H3,(H,24,28). The third kappa shape index (κ3) is 4.18. The summed E-state index contributed by atoms with van der Waals surface area (Å²) in [4.78, 5) is 16.7. The van der Waals surface area contributed by atoms with Gasteiger partial charge in [0.25, 0.3) is 5.89 Å². The summed E-state index contributed by atoms with van der Waals surface area (Å²) in [5.41, 5.74) is 1.65. The molecule has 30 heavy (non-hydrogen) atoms. The van der Waals surface area contributed by atoms with Crippen molar-refractivity contribution in [1.29, 1.82) is 0 Å². The van der Waals surface area contributed by atoms with Gasteiger partial charge in [0.05, 0.1) is 7.11 Å². The van der Waals surface area contributed by atoms with Gasteiger partial charge in [0.15, 0.2) is 11.6 Å². The zero-order valence-corrected chi connectivity index (χ0v) is 16.6. The number of nitrogens with one attached hydrogen (secondary N) is 1. The van der Waals surface area contributed by atoms with Crippen LogP contribution in [0.25, 0.3) is 23.0 Å². The number of rotatable bonds is 6. The largest absolute Gasteiger partial charge is 0.494 e. The second-order valence-electron chi connectivity index (χ2n) is 6.35. The molecule has 2 aromatic carbocycles. The van der Waals surface area contributed by atoms with E-state index in [0.717, 1.165) is 0 Å². The fourth-order valence-corrected chi connectivity index (χ4v) is 3.01. The van der Waals surface area contributed by atoms with Crippen LogP contribution >= 0.6 is 11.6 Å². The maximum Gasteiger partial charge on any atom is 0.274 e. The van der Waals surface area contributed by atoms with Crippen molar-refractivity contribution < 1.29 is 18.4 Å². The number of hydrogen-bond acceptors (Lipinski definition) is 5. The smallest absolute Gasteiger partial charge is 0.274 e. The van der Waals surface area contributed by atoms with Crippen LogP contribution in [-0.4, -0.2) is 27.7 Å². The molecule has 0 fully saturated rings. The SMILES string of the molecule is COc1ccc(-c2noc(-c3cccn3CC(=O)Nc3ccc(Cl)cc3)n2)cc1F. The first-order valence-corrected chi connectivity index (χ1v) is 9.30. The normalized spacial score (nSPS) is 10.8. The van der Waals surface area contributed by atoms with E-state index in [4.69, 9.17) is 20.9 Å². The molecule has 1 amide bonds. The summed E-state index contributed by atoms with van der Waals surface area (Å²) in [5.74, 6) is -0.186. The highest BCUT2D eigenvalue weighted by Gasteiger charge is 2.16. The van der Waals surface area contributed by atoms with E-state index < -0.39 is 5.82 Å². The van der Waals surface area contributed by atoms with E-state index in [-0.39, 0.29) is 29.9 Å². The van der Waals surface area contributed by atoms with E-state index in [9.17, 15) is 9.18 Å². The van der Waals surface area contributed by atoms with Gasteiger partial charge in [0.2, 0.25) is 11.7 Å². The van der Waals surface area contributed by atoms with Gasteiger partial charge in [0, 0.05) is 22.5 Å². The van der Waals surface area contributed by atoms with Crippen LogP contribution < -0.4 is 10.1 Å². The first-order chi connectivity index (χ1) is 14.5. The Balaban J connectivity index is 1.51. The van der Waals surface area contributed by atoms with Crippen molar-refractivity contribution in [2.24, 2.45) is 0 Å². The molecule has 2 aromatic heterocycles. The van der Waals surface area contributed by atoms with Crippen molar-refractivity contribution in [3.63, 3.8) is 0 Å². The third-order valence-electron chi connectivity index (χ3n) is 4.33. The van der Waals surface area contributed by atoms with E-state index in [1.807, 2.05) is 0 Å². The summed E-state index contributed by atoms with van der Waals surface area (Å²) >= 11 is 5.85. The van der Waals surface area contributed by atoms with Gasteiger partial charge >= 0.3 is 0 Å². The number of amides is 1. The van der Waals surface area contributed by atoms with Crippen molar-refractivity contribution >= 4 is 23.2 Å². The summed E-state index contributed by atoms with van der Waals surface area (Å²) in [6, 6.07) is 14.7. The number of carbonyl (C=O) groups is 1. The van der Waals surface area contributed by atoms with Gasteiger partial charge in [-0.3, -0.25) is 4.79 Å². The Labute approximate surface area is 176 Å². The van der Waals surface area contributed by atoms with Crippen LogP contribution in [0.2, 0.25) is 5.02 Å². The number of aromatic nitrogens is 3. The van der Waals surface area contributed by atoms with Gasteiger partial charge < -0.3 is 19.1 Å². The minimum Gasteiger partial charge on any atom is -0.494 e. The van der Waals surface area contributed by atoms with Gasteiger partial charge in [-0.1, -0.05) is 16.8 Å². The molecule has 1 N–H and O–H groups in total.